The predicted molar refractivity (Wildman–Crippen MR) is 74.9 cm³/mol. The van der Waals surface area contributed by atoms with Gasteiger partial charge in [-0.05, 0) is 35.9 Å². The monoisotopic (exact) mass is 286 g/mol. The lowest BCUT2D eigenvalue weighted by molar-refractivity contribution is 0.102. The molecule has 0 aliphatic carbocycles. The molecule has 0 fully saturated rings. The molecule has 0 unspecified atom stereocenters. The van der Waals surface area contributed by atoms with Crippen molar-refractivity contribution in [3.63, 3.8) is 0 Å². The van der Waals surface area contributed by atoms with Crippen LogP contribution >= 0.6 is 0 Å². The molecular weight excluding hydrogens is 276 g/mol. The molecule has 1 aliphatic heterocycles. The van der Waals surface area contributed by atoms with Gasteiger partial charge in [0.2, 0.25) is 9.84 Å². The van der Waals surface area contributed by atoms with Gasteiger partial charge in [0, 0.05) is 23.5 Å². The van der Waals surface area contributed by atoms with Crippen molar-refractivity contribution >= 4 is 27.5 Å². The molecule has 2 aromatic rings. The maximum Gasteiger partial charge on any atom is 0.257 e. The fourth-order valence-electron chi connectivity index (χ4n) is 1.93. The summed E-state index contributed by atoms with van der Waals surface area (Å²) in [5, 5.41) is 3.81. The van der Waals surface area contributed by atoms with Gasteiger partial charge in [0.15, 0.2) is 0 Å². The number of amides is 1. The molecule has 0 saturated carbocycles. The number of rotatable bonds is 2. The molecule has 20 heavy (non-hydrogen) atoms. The molecule has 0 radical (unpaired) electrons. The highest BCUT2D eigenvalue weighted by molar-refractivity contribution is 7.94. The Bertz CT molecular complexity index is 812. The minimum Gasteiger partial charge on any atom is -0.322 e. The van der Waals surface area contributed by atoms with Gasteiger partial charge < -0.3 is 5.32 Å². The summed E-state index contributed by atoms with van der Waals surface area (Å²) >= 11 is 0. The van der Waals surface area contributed by atoms with Gasteiger partial charge in [0.1, 0.15) is 0 Å². The average molecular weight is 286 g/mol. The van der Waals surface area contributed by atoms with Crippen LogP contribution in [0, 0.1) is 0 Å². The summed E-state index contributed by atoms with van der Waals surface area (Å²) in [5.74, 6) is -0.332. The quantitative estimate of drug-likeness (QED) is 0.917. The summed E-state index contributed by atoms with van der Waals surface area (Å²) < 4.78 is 23.5. The van der Waals surface area contributed by atoms with Crippen molar-refractivity contribution in [2.75, 3.05) is 5.32 Å². The molecule has 1 N–H and O–H groups in total. The van der Waals surface area contributed by atoms with Crippen molar-refractivity contribution < 1.29 is 13.2 Å². The van der Waals surface area contributed by atoms with Gasteiger partial charge in [0.25, 0.3) is 5.91 Å². The largest absolute Gasteiger partial charge is 0.322 e. The van der Waals surface area contributed by atoms with Crippen LogP contribution in [0.4, 0.5) is 5.69 Å². The van der Waals surface area contributed by atoms with Crippen molar-refractivity contribution in [3.05, 3.63) is 59.3 Å². The predicted octanol–water partition coefficient (Wildman–Crippen LogP) is 2.09. The standard InChI is InChI=1S/C14H10N2O3S/c17-14(11-2-1-6-15-9-11)16-12-4-3-10-5-7-20(18,19)13(10)8-12/h1-9H,(H,16,17). The van der Waals surface area contributed by atoms with E-state index in [1.165, 1.54) is 18.3 Å². The minimum absolute atomic E-state index is 0.210. The molecule has 1 aromatic heterocycles. The molecule has 1 amide bonds. The number of carbonyl (C=O) groups is 1. The van der Waals surface area contributed by atoms with E-state index in [-0.39, 0.29) is 10.8 Å². The SMILES string of the molecule is O=C(Nc1ccc2c(c1)S(=O)(=O)C=C2)c1cccnc1. The van der Waals surface area contributed by atoms with Crippen LogP contribution < -0.4 is 5.32 Å². The highest BCUT2D eigenvalue weighted by Gasteiger charge is 2.21. The molecular formula is C14H10N2O3S. The molecule has 6 heteroatoms. The van der Waals surface area contributed by atoms with Gasteiger partial charge in [-0.2, -0.15) is 0 Å². The van der Waals surface area contributed by atoms with Gasteiger partial charge in [-0.25, -0.2) is 8.42 Å². The number of sulfone groups is 1. The number of nitrogens with one attached hydrogen (secondary N) is 1. The summed E-state index contributed by atoms with van der Waals surface area (Å²) in [7, 11) is -3.37. The number of anilines is 1. The van der Waals surface area contributed by atoms with Crippen LogP contribution in [0.3, 0.4) is 0 Å². The molecule has 0 atom stereocenters. The van der Waals surface area contributed by atoms with Crippen LogP contribution in [0.1, 0.15) is 15.9 Å². The van der Waals surface area contributed by atoms with E-state index in [1.807, 2.05) is 0 Å². The smallest absolute Gasteiger partial charge is 0.257 e. The molecule has 2 heterocycles. The molecule has 0 saturated heterocycles. The summed E-state index contributed by atoms with van der Waals surface area (Å²) in [6, 6.07) is 8.08. The first-order valence-electron chi connectivity index (χ1n) is 5.85. The molecule has 1 aliphatic rings. The molecule has 1 aromatic carbocycles. The zero-order valence-electron chi connectivity index (χ0n) is 10.3. The Morgan fingerprint density at radius 2 is 2.05 bits per heavy atom. The number of nitrogens with zero attached hydrogens (tertiary/aromatic N) is 1. The lowest BCUT2D eigenvalue weighted by atomic mass is 10.2. The maximum atomic E-state index is 12.0. The Morgan fingerprint density at radius 3 is 2.80 bits per heavy atom. The van der Waals surface area contributed by atoms with Gasteiger partial charge >= 0.3 is 0 Å². The first-order valence-corrected chi connectivity index (χ1v) is 7.39. The van der Waals surface area contributed by atoms with Crippen molar-refractivity contribution in [1.82, 2.24) is 4.98 Å². The number of benzene rings is 1. The molecule has 100 valence electrons. The topological polar surface area (TPSA) is 76.1 Å². The van der Waals surface area contributed by atoms with Crippen LogP contribution in [0.15, 0.2) is 53.0 Å². The fourth-order valence-corrected chi connectivity index (χ4v) is 3.16. The Kier molecular flexibility index (Phi) is 2.87. The van der Waals surface area contributed by atoms with Crippen LogP contribution in [0.5, 0.6) is 0 Å². The summed E-state index contributed by atoms with van der Waals surface area (Å²) in [4.78, 5) is 16.0. The third-order valence-electron chi connectivity index (χ3n) is 2.93. The molecule has 0 bridgehead atoms. The van der Waals surface area contributed by atoms with E-state index in [2.05, 4.69) is 10.3 Å². The van der Waals surface area contributed by atoms with Crippen LogP contribution in [-0.2, 0) is 9.84 Å². The van der Waals surface area contributed by atoms with E-state index in [9.17, 15) is 13.2 Å². The van der Waals surface area contributed by atoms with Gasteiger partial charge in [-0.1, -0.05) is 6.07 Å². The van der Waals surface area contributed by atoms with Gasteiger partial charge in [0.05, 0.1) is 10.5 Å². The van der Waals surface area contributed by atoms with Crippen LogP contribution in [0.2, 0.25) is 0 Å². The van der Waals surface area contributed by atoms with Crippen molar-refractivity contribution in [2.24, 2.45) is 0 Å². The molecule has 0 spiro atoms. The van der Waals surface area contributed by atoms with Crippen molar-refractivity contribution in [2.45, 2.75) is 4.90 Å². The van der Waals surface area contributed by atoms with Gasteiger partial charge in [-0.15, -0.1) is 0 Å². The van der Waals surface area contributed by atoms with E-state index in [4.69, 9.17) is 0 Å². The van der Waals surface area contributed by atoms with E-state index in [0.29, 0.717) is 16.8 Å². The number of aromatic nitrogens is 1. The van der Waals surface area contributed by atoms with E-state index in [0.717, 1.165) is 5.41 Å². The minimum atomic E-state index is -3.37. The Hall–Kier alpha value is -2.47. The van der Waals surface area contributed by atoms with Crippen molar-refractivity contribution in [1.29, 1.82) is 0 Å². The second kappa shape index (κ2) is 4.57. The summed E-state index contributed by atoms with van der Waals surface area (Å²) in [5.41, 5.74) is 1.48. The van der Waals surface area contributed by atoms with Crippen LogP contribution in [-0.4, -0.2) is 19.3 Å². The third kappa shape index (κ3) is 2.21. The first-order chi connectivity index (χ1) is 9.56. The lowest BCUT2D eigenvalue weighted by Gasteiger charge is -2.07. The lowest BCUT2D eigenvalue weighted by Crippen LogP contribution is -2.12. The summed E-state index contributed by atoms with van der Waals surface area (Å²) in [6.07, 6.45) is 4.56. The average Bonchev–Trinajstić information content (AvgIpc) is 2.75. The Morgan fingerprint density at radius 1 is 1.20 bits per heavy atom. The van der Waals surface area contributed by atoms with Gasteiger partial charge in [-0.3, -0.25) is 9.78 Å². The zero-order valence-corrected chi connectivity index (χ0v) is 11.1. The van der Waals surface area contributed by atoms with Crippen LogP contribution in [0.25, 0.3) is 6.08 Å². The highest BCUT2D eigenvalue weighted by Crippen LogP contribution is 2.29. The van der Waals surface area contributed by atoms with Crippen molar-refractivity contribution in [3.8, 4) is 0 Å². The van der Waals surface area contributed by atoms with E-state index >= 15 is 0 Å². The van der Waals surface area contributed by atoms with E-state index in [1.54, 1.807) is 30.5 Å². The first kappa shape index (κ1) is 12.6. The fraction of sp³-hybridized carbons (Fsp3) is 0. The third-order valence-corrected chi connectivity index (χ3v) is 4.39. The number of fused-ring (bicyclic) bond motifs is 1. The number of pyridine rings is 1. The number of hydrogen-bond donors (Lipinski definition) is 1. The number of hydrogen-bond acceptors (Lipinski definition) is 4. The second-order valence-electron chi connectivity index (χ2n) is 4.30. The molecule has 5 nitrogen and oxygen atoms in total. The summed E-state index contributed by atoms with van der Waals surface area (Å²) in [6.45, 7) is 0. The Labute approximate surface area is 115 Å². The Balaban J connectivity index is 1.89. The zero-order chi connectivity index (χ0) is 14.2. The second-order valence-corrected chi connectivity index (χ2v) is 6.10. The number of carbonyl (C=O) groups excluding carboxylic acids is 1. The molecule has 3 rings (SSSR count). The highest BCUT2D eigenvalue weighted by atomic mass is 32.2. The maximum absolute atomic E-state index is 12.0. The normalized spacial score (nSPS) is 14.8. The van der Waals surface area contributed by atoms with E-state index < -0.39 is 9.84 Å².